The van der Waals surface area contributed by atoms with E-state index in [2.05, 4.69) is 81.4 Å². The fourth-order valence-electron chi connectivity index (χ4n) is 2.98. The molecule has 0 aliphatic carbocycles. The van der Waals surface area contributed by atoms with Crippen LogP contribution in [0.15, 0.2) is 59.1 Å². The van der Waals surface area contributed by atoms with Gasteiger partial charge >= 0.3 is 0 Å². The van der Waals surface area contributed by atoms with Crippen LogP contribution in [-0.4, -0.2) is 25.7 Å². The van der Waals surface area contributed by atoms with Gasteiger partial charge in [0, 0.05) is 29.3 Å². The number of nitrogens with one attached hydrogen (secondary N) is 1. The van der Waals surface area contributed by atoms with Crippen molar-refractivity contribution in [2.45, 2.75) is 31.7 Å². The lowest BCUT2D eigenvalue weighted by molar-refractivity contribution is -0.114. The van der Waals surface area contributed by atoms with Crippen LogP contribution in [0.3, 0.4) is 0 Å². The quantitative estimate of drug-likeness (QED) is 0.418. The predicted molar refractivity (Wildman–Crippen MR) is 122 cm³/mol. The molecule has 2 aromatic carbocycles. The van der Waals surface area contributed by atoms with Gasteiger partial charge < -0.3 is 5.32 Å². The summed E-state index contributed by atoms with van der Waals surface area (Å²) >= 11 is 2.99. The van der Waals surface area contributed by atoms with Crippen molar-refractivity contribution in [3.63, 3.8) is 0 Å². The van der Waals surface area contributed by atoms with Crippen molar-refractivity contribution in [3.8, 4) is 17.1 Å². The molecule has 4 aromatic rings. The van der Waals surface area contributed by atoms with Crippen molar-refractivity contribution >= 4 is 34.1 Å². The van der Waals surface area contributed by atoms with Crippen molar-refractivity contribution in [2.24, 2.45) is 0 Å². The second-order valence-electron chi connectivity index (χ2n) is 6.96. The number of carbonyl (C=O) groups excluding carboxylic acids is 1. The average molecular weight is 436 g/mol. The van der Waals surface area contributed by atoms with Gasteiger partial charge in [-0.3, -0.25) is 9.36 Å². The molecule has 0 radical (unpaired) electrons. The van der Waals surface area contributed by atoms with Gasteiger partial charge in [-0.25, -0.2) is 4.98 Å². The summed E-state index contributed by atoms with van der Waals surface area (Å²) < 4.78 is 2.08. The summed E-state index contributed by atoms with van der Waals surface area (Å²) in [6, 6.07) is 16.6. The highest BCUT2D eigenvalue weighted by atomic mass is 32.2. The van der Waals surface area contributed by atoms with E-state index in [9.17, 15) is 4.79 Å². The van der Waals surface area contributed by atoms with Gasteiger partial charge in [-0.05, 0) is 32.0 Å². The highest BCUT2D eigenvalue weighted by molar-refractivity contribution is 7.98. The number of nitrogens with zero attached hydrogens (tertiary/aromatic N) is 4. The highest BCUT2D eigenvalue weighted by Gasteiger charge is 2.17. The Morgan fingerprint density at radius 1 is 1.10 bits per heavy atom. The maximum absolute atomic E-state index is 11.2. The number of thioether (sulfide) groups is 1. The normalized spacial score (nSPS) is 10.9. The number of hydrogen-bond donors (Lipinski definition) is 1. The van der Waals surface area contributed by atoms with E-state index in [4.69, 9.17) is 0 Å². The van der Waals surface area contributed by atoms with Gasteiger partial charge in [-0.15, -0.1) is 21.5 Å². The summed E-state index contributed by atoms with van der Waals surface area (Å²) in [4.78, 5) is 15.7. The molecular weight excluding hydrogens is 414 g/mol. The Morgan fingerprint density at radius 2 is 1.90 bits per heavy atom. The third-order valence-electron chi connectivity index (χ3n) is 4.39. The Balaban J connectivity index is 1.66. The van der Waals surface area contributed by atoms with E-state index in [0.717, 1.165) is 27.9 Å². The number of aromatic nitrogens is 4. The van der Waals surface area contributed by atoms with Crippen molar-refractivity contribution in [3.05, 3.63) is 70.7 Å². The van der Waals surface area contributed by atoms with Crippen molar-refractivity contribution < 1.29 is 4.79 Å². The van der Waals surface area contributed by atoms with Crippen LogP contribution in [0.25, 0.3) is 17.1 Å². The molecule has 0 aliphatic rings. The Hall–Kier alpha value is -2.97. The molecule has 1 N–H and O–H groups in total. The maximum atomic E-state index is 11.2. The summed E-state index contributed by atoms with van der Waals surface area (Å²) in [5.74, 6) is 1.32. The maximum Gasteiger partial charge on any atom is 0.223 e. The van der Waals surface area contributed by atoms with E-state index >= 15 is 0 Å². The molecule has 6 nitrogen and oxygen atoms in total. The zero-order chi connectivity index (χ0) is 21.1. The molecule has 0 atom stereocenters. The first-order valence-corrected chi connectivity index (χ1v) is 11.3. The number of thiazole rings is 1. The Labute approximate surface area is 183 Å². The van der Waals surface area contributed by atoms with Gasteiger partial charge in [-0.1, -0.05) is 53.2 Å². The SMILES string of the molecule is CC(=O)Nc1nc(CSc2nnc(-c3cccc(C)c3)n2-c2ccc(C)cc2)cs1. The first kappa shape index (κ1) is 20.3. The van der Waals surface area contributed by atoms with Crippen molar-refractivity contribution in [1.29, 1.82) is 0 Å². The number of hydrogen-bond acceptors (Lipinski definition) is 6. The molecule has 0 unspecified atom stereocenters. The van der Waals surface area contributed by atoms with E-state index in [1.54, 1.807) is 11.8 Å². The highest BCUT2D eigenvalue weighted by Crippen LogP contribution is 2.31. The minimum Gasteiger partial charge on any atom is -0.302 e. The standard InChI is InChI=1S/C22H21N5OS2/c1-14-7-9-19(10-8-14)27-20(17-6-4-5-15(2)11-17)25-26-22(27)30-13-18-12-29-21(24-18)23-16(3)28/h4-12H,13H2,1-3H3,(H,23,24,28). The van der Waals surface area contributed by atoms with Crippen LogP contribution in [0.4, 0.5) is 5.13 Å². The second kappa shape index (κ2) is 8.81. The van der Waals surface area contributed by atoms with Gasteiger partial charge in [0.1, 0.15) is 0 Å². The van der Waals surface area contributed by atoms with Gasteiger partial charge in [0.05, 0.1) is 5.69 Å². The summed E-state index contributed by atoms with van der Waals surface area (Å²) in [6.45, 7) is 5.62. The van der Waals surface area contributed by atoms with Gasteiger partial charge in [-0.2, -0.15) is 0 Å². The topological polar surface area (TPSA) is 72.7 Å². The summed E-state index contributed by atoms with van der Waals surface area (Å²) in [7, 11) is 0. The van der Waals surface area contributed by atoms with E-state index in [-0.39, 0.29) is 5.91 Å². The van der Waals surface area contributed by atoms with Crippen LogP contribution < -0.4 is 5.32 Å². The first-order chi connectivity index (χ1) is 14.5. The predicted octanol–water partition coefficient (Wildman–Crippen LogP) is 5.26. The third-order valence-corrected chi connectivity index (χ3v) is 6.15. The van der Waals surface area contributed by atoms with Crippen molar-refractivity contribution in [2.75, 3.05) is 5.32 Å². The zero-order valence-corrected chi connectivity index (χ0v) is 18.5. The molecule has 0 saturated heterocycles. The summed E-state index contributed by atoms with van der Waals surface area (Å²) in [5, 5.41) is 15.1. The number of carbonyl (C=O) groups is 1. The molecule has 4 rings (SSSR count). The Kier molecular flexibility index (Phi) is 5.96. The van der Waals surface area contributed by atoms with Gasteiger partial charge in [0.25, 0.3) is 0 Å². The molecule has 8 heteroatoms. The zero-order valence-electron chi connectivity index (χ0n) is 16.9. The summed E-state index contributed by atoms with van der Waals surface area (Å²) in [6.07, 6.45) is 0. The molecule has 2 heterocycles. The van der Waals surface area contributed by atoms with Crippen molar-refractivity contribution in [1.82, 2.24) is 19.7 Å². The Morgan fingerprint density at radius 3 is 2.63 bits per heavy atom. The molecular formula is C22H21N5OS2. The molecule has 1 amide bonds. The lowest BCUT2D eigenvalue weighted by Gasteiger charge is -2.11. The number of aryl methyl sites for hydroxylation is 2. The van der Waals surface area contributed by atoms with E-state index in [1.807, 2.05) is 11.4 Å². The molecule has 0 spiro atoms. The van der Waals surface area contributed by atoms with Crippen LogP contribution >= 0.6 is 23.1 Å². The molecule has 2 aromatic heterocycles. The van der Waals surface area contributed by atoms with E-state index < -0.39 is 0 Å². The van der Waals surface area contributed by atoms with Crippen LogP contribution in [0.1, 0.15) is 23.7 Å². The average Bonchev–Trinajstić information content (AvgIpc) is 3.33. The third kappa shape index (κ3) is 4.60. The van der Waals surface area contributed by atoms with Crippen LogP contribution in [0, 0.1) is 13.8 Å². The van der Waals surface area contributed by atoms with E-state index in [0.29, 0.717) is 10.9 Å². The lowest BCUT2D eigenvalue weighted by atomic mass is 10.1. The fraction of sp³-hybridized carbons (Fsp3) is 0.182. The fourth-order valence-corrected chi connectivity index (χ4v) is 4.69. The number of rotatable bonds is 6. The first-order valence-electron chi connectivity index (χ1n) is 9.44. The molecule has 0 bridgehead atoms. The number of anilines is 1. The summed E-state index contributed by atoms with van der Waals surface area (Å²) in [5.41, 5.74) is 5.31. The van der Waals surface area contributed by atoms with Gasteiger partial charge in [0.2, 0.25) is 5.91 Å². The van der Waals surface area contributed by atoms with E-state index in [1.165, 1.54) is 29.4 Å². The molecule has 0 aliphatic heterocycles. The lowest BCUT2D eigenvalue weighted by Crippen LogP contribution is -2.05. The van der Waals surface area contributed by atoms with Crippen LogP contribution in [-0.2, 0) is 10.5 Å². The molecule has 152 valence electrons. The smallest absolute Gasteiger partial charge is 0.223 e. The molecule has 0 saturated carbocycles. The minimum absolute atomic E-state index is 0.120. The number of benzene rings is 2. The van der Waals surface area contributed by atoms with Crippen LogP contribution in [0.2, 0.25) is 0 Å². The Bertz CT molecular complexity index is 1180. The second-order valence-corrected chi connectivity index (χ2v) is 8.76. The largest absolute Gasteiger partial charge is 0.302 e. The molecule has 0 fully saturated rings. The van der Waals surface area contributed by atoms with Crippen LogP contribution in [0.5, 0.6) is 0 Å². The van der Waals surface area contributed by atoms with Gasteiger partial charge in [0.15, 0.2) is 16.1 Å². The monoisotopic (exact) mass is 435 g/mol. The minimum atomic E-state index is -0.120. The number of amides is 1. The molecule has 30 heavy (non-hydrogen) atoms.